The molecule has 0 spiro atoms. The van der Waals surface area contributed by atoms with E-state index in [-0.39, 0.29) is 0 Å². The van der Waals surface area contributed by atoms with Crippen molar-refractivity contribution >= 4 is 0 Å². The molecule has 0 N–H and O–H groups in total. The fourth-order valence-electron chi connectivity index (χ4n) is 3.68. The number of benzene rings is 3. The largest absolute Gasteiger partial charge is 0.115 e. The highest BCUT2D eigenvalue weighted by molar-refractivity contribution is 5.73. The minimum atomic E-state index is 0.492. The van der Waals surface area contributed by atoms with Gasteiger partial charge in [-0.3, -0.25) is 0 Å². The average molecular weight is 444 g/mol. The van der Waals surface area contributed by atoms with Gasteiger partial charge < -0.3 is 0 Å². The van der Waals surface area contributed by atoms with Gasteiger partial charge in [-0.25, -0.2) is 0 Å². The van der Waals surface area contributed by atoms with Crippen LogP contribution < -0.4 is 0 Å². The molecule has 3 aromatic rings. The summed E-state index contributed by atoms with van der Waals surface area (Å²) in [5.74, 6) is 34.8. The van der Waals surface area contributed by atoms with Gasteiger partial charge in [0.05, 0.1) is 33.4 Å². The minimum absolute atomic E-state index is 0.492. The van der Waals surface area contributed by atoms with E-state index in [1.54, 1.807) is 36.4 Å². The Balaban J connectivity index is 2.31. The predicted octanol–water partition coefficient (Wildman–Crippen LogP) is 4.09. The van der Waals surface area contributed by atoms with Crippen LogP contribution in [0.15, 0.2) is 36.4 Å². The second-order valence-electron chi connectivity index (χ2n) is 7.35. The van der Waals surface area contributed by atoms with E-state index >= 15 is 0 Å². The molecule has 4 rings (SSSR count). The monoisotopic (exact) mass is 444 g/mol. The van der Waals surface area contributed by atoms with E-state index in [9.17, 15) is 0 Å². The van der Waals surface area contributed by atoms with E-state index in [0.29, 0.717) is 66.8 Å². The lowest BCUT2D eigenvalue weighted by Crippen LogP contribution is -2.00. The molecular weight excluding hydrogens is 432 g/mol. The SMILES string of the molecule is C#Cc1ccc(C#C)c2c1C#Cc1c(C#C)ccc(C#C)c1C#Cc1c(C#C)ccc(C#C)c1C#C2. The van der Waals surface area contributed by atoms with Gasteiger partial charge >= 0.3 is 0 Å². The maximum atomic E-state index is 5.79. The van der Waals surface area contributed by atoms with Gasteiger partial charge in [0.15, 0.2) is 0 Å². The maximum Gasteiger partial charge on any atom is 0.0574 e. The van der Waals surface area contributed by atoms with Crippen molar-refractivity contribution in [3.05, 3.63) is 103 Å². The fraction of sp³-hybridized carbons (Fsp3) is 0. The summed E-state index contributed by atoms with van der Waals surface area (Å²) in [5, 5.41) is 0. The van der Waals surface area contributed by atoms with Crippen molar-refractivity contribution < 1.29 is 0 Å². The third-order valence-electron chi connectivity index (χ3n) is 5.49. The van der Waals surface area contributed by atoms with Gasteiger partial charge in [-0.05, 0) is 36.4 Å². The van der Waals surface area contributed by atoms with Crippen LogP contribution in [0.5, 0.6) is 0 Å². The van der Waals surface area contributed by atoms with Gasteiger partial charge in [0.1, 0.15) is 0 Å². The molecule has 0 aliphatic heterocycles. The zero-order chi connectivity index (χ0) is 25.7. The summed E-state index contributed by atoms with van der Waals surface area (Å²) in [5.41, 5.74) is 6.12. The molecule has 1 aliphatic carbocycles. The lowest BCUT2D eigenvalue weighted by Gasteiger charge is -2.09. The molecule has 0 heterocycles. The van der Waals surface area contributed by atoms with Gasteiger partial charge in [0.2, 0.25) is 0 Å². The molecule has 0 heteroatoms. The Labute approximate surface area is 212 Å². The molecular formula is C36H12. The van der Waals surface area contributed by atoms with Crippen LogP contribution in [0.4, 0.5) is 0 Å². The lowest BCUT2D eigenvalue weighted by atomic mass is 9.91. The van der Waals surface area contributed by atoms with Crippen molar-refractivity contribution in [1.82, 2.24) is 0 Å². The Morgan fingerprint density at radius 1 is 0.306 bits per heavy atom. The lowest BCUT2D eigenvalue weighted by molar-refractivity contribution is 1.47. The Bertz CT molecular complexity index is 1580. The molecule has 1 aliphatic rings. The van der Waals surface area contributed by atoms with Gasteiger partial charge in [-0.1, -0.05) is 71.0 Å². The zero-order valence-corrected chi connectivity index (χ0v) is 18.9. The molecule has 0 nitrogen and oxygen atoms in total. The highest BCUT2D eigenvalue weighted by Crippen LogP contribution is 2.23. The molecule has 0 saturated heterocycles. The van der Waals surface area contributed by atoms with Crippen LogP contribution in [0.2, 0.25) is 0 Å². The smallest absolute Gasteiger partial charge is 0.0574 e. The van der Waals surface area contributed by atoms with Crippen molar-refractivity contribution in [2.75, 3.05) is 0 Å². The van der Waals surface area contributed by atoms with Gasteiger partial charge in [-0.15, -0.1) is 38.5 Å². The number of fused-ring (bicyclic) bond motifs is 3. The first-order valence-corrected chi connectivity index (χ1v) is 10.5. The van der Waals surface area contributed by atoms with Crippen molar-refractivity contribution in [2.45, 2.75) is 0 Å². The molecule has 0 unspecified atom stereocenters. The standard InChI is InChI=1S/C36H12/c1-7-25-13-14-26(8-2)32-21-22-34-28(10-4)17-18-30(12-6)36(34)24-23-35-29(11-5)16-15-27(9-3)33(35)20-19-31(25)32/h1-6,13-18H. The number of hydrogen-bond donors (Lipinski definition) is 0. The molecule has 0 fully saturated rings. The third kappa shape index (κ3) is 3.84. The Hall–Kier alpha value is -6.30. The first-order valence-electron chi connectivity index (χ1n) is 10.5. The summed E-state index contributed by atoms with van der Waals surface area (Å²) in [6.07, 6.45) is 34.7. The highest BCUT2D eigenvalue weighted by Gasteiger charge is 2.14. The molecule has 0 saturated carbocycles. The molecule has 0 aromatic heterocycles. The summed E-state index contributed by atoms with van der Waals surface area (Å²) in [6, 6.07) is 10.4. The average Bonchev–Trinajstić information content (AvgIpc) is 2.92. The molecule has 0 atom stereocenters. The van der Waals surface area contributed by atoms with Crippen LogP contribution in [0.3, 0.4) is 0 Å². The minimum Gasteiger partial charge on any atom is -0.115 e. The van der Waals surface area contributed by atoms with Crippen molar-refractivity contribution in [3.8, 4) is 110 Å². The van der Waals surface area contributed by atoms with Gasteiger partial charge in [-0.2, -0.15) is 0 Å². The van der Waals surface area contributed by atoms with Gasteiger partial charge in [0, 0.05) is 33.4 Å². The summed E-state index contributed by atoms with van der Waals surface area (Å²) >= 11 is 0. The Morgan fingerprint density at radius 3 is 0.556 bits per heavy atom. The molecule has 156 valence electrons. The van der Waals surface area contributed by atoms with Crippen LogP contribution in [-0.4, -0.2) is 0 Å². The van der Waals surface area contributed by atoms with E-state index in [0.717, 1.165) is 0 Å². The van der Waals surface area contributed by atoms with E-state index in [4.69, 9.17) is 38.5 Å². The van der Waals surface area contributed by atoms with Crippen molar-refractivity contribution in [2.24, 2.45) is 0 Å². The molecule has 36 heavy (non-hydrogen) atoms. The first kappa shape index (κ1) is 22.9. The van der Waals surface area contributed by atoms with Crippen LogP contribution in [0, 0.1) is 110 Å². The van der Waals surface area contributed by atoms with Crippen LogP contribution in [0.1, 0.15) is 66.8 Å². The molecule has 0 radical (unpaired) electrons. The zero-order valence-electron chi connectivity index (χ0n) is 18.9. The molecule has 0 bridgehead atoms. The van der Waals surface area contributed by atoms with E-state index in [1.165, 1.54) is 0 Å². The number of terminal acetylenes is 6. The fourth-order valence-corrected chi connectivity index (χ4v) is 3.68. The quantitative estimate of drug-likeness (QED) is 0.359. The van der Waals surface area contributed by atoms with E-state index in [1.807, 2.05) is 0 Å². The summed E-state index contributed by atoms with van der Waals surface area (Å²) in [4.78, 5) is 0. The summed E-state index contributed by atoms with van der Waals surface area (Å²) < 4.78 is 0. The Kier molecular flexibility index (Phi) is 6.15. The predicted molar refractivity (Wildman–Crippen MR) is 145 cm³/mol. The second kappa shape index (κ2) is 9.68. The van der Waals surface area contributed by atoms with Crippen molar-refractivity contribution in [3.63, 3.8) is 0 Å². The van der Waals surface area contributed by atoms with Crippen LogP contribution in [0.25, 0.3) is 0 Å². The topological polar surface area (TPSA) is 0 Å². The second-order valence-corrected chi connectivity index (χ2v) is 7.35. The Morgan fingerprint density at radius 2 is 0.444 bits per heavy atom. The normalized spacial score (nSPS) is 9.50. The highest BCUT2D eigenvalue weighted by atomic mass is 14.1. The first-order chi connectivity index (χ1) is 17.6. The van der Waals surface area contributed by atoms with E-state index < -0.39 is 0 Å². The maximum absolute atomic E-state index is 5.79. The van der Waals surface area contributed by atoms with Gasteiger partial charge in [0.25, 0.3) is 0 Å². The molecule has 3 aromatic carbocycles. The number of hydrogen-bond acceptors (Lipinski definition) is 0. The summed E-state index contributed by atoms with van der Waals surface area (Å²) in [6.45, 7) is 0. The third-order valence-corrected chi connectivity index (χ3v) is 5.49. The van der Waals surface area contributed by atoms with Crippen LogP contribution in [-0.2, 0) is 0 Å². The van der Waals surface area contributed by atoms with E-state index in [2.05, 4.69) is 71.0 Å². The number of rotatable bonds is 0. The summed E-state index contributed by atoms with van der Waals surface area (Å²) in [7, 11) is 0. The van der Waals surface area contributed by atoms with Crippen molar-refractivity contribution in [1.29, 1.82) is 0 Å². The molecule has 0 amide bonds. The van der Waals surface area contributed by atoms with Crippen LogP contribution >= 0.6 is 0 Å².